The predicted octanol–water partition coefficient (Wildman–Crippen LogP) is 1.71. The number of aliphatic hydroxyl groups is 1. The van der Waals surface area contributed by atoms with Crippen molar-refractivity contribution in [3.63, 3.8) is 0 Å². The highest BCUT2D eigenvalue weighted by Gasteiger charge is 2.31. The van der Waals surface area contributed by atoms with Crippen LogP contribution >= 0.6 is 0 Å². The molecule has 0 radical (unpaired) electrons. The van der Waals surface area contributed by atoms with Gasteiger partial charge in [-0.25, -0.2) is 0 Å². The van der Waals surface area contributed by atoms with E-state index < -0.39 is 0 Å². The van der Waals surface area contributed by atoms with E-state index in [4.69, 9.17) is 0 Å². The molecule has 1 aromatic rings. The Kier molecular flexibility index (Phi) is 3.25. The Labute approximate surface area is 95.7 Å². The molecule has 1 aliphatic rings. The molecule has 0 bridgehead atoms. The average Bonchev–Trinajstić information content (AvgIpc) is 2.70. The van der Waals surface area contributed by atoms with E-state index in [1.54, 1.807) is 0 Å². The van der Waals surface area contributed by atoms with E-state index in [1.165, 1.54) is 0 Å². The smallest absolute Gasteiger partial charge is 0.152 e. The summed E-state index contributed by atoms with van der Waals surface area (Å²) in [5.41, 5.74) is 1.65. The van der Waals surface area contributed by atoms with E-state index in [0.29, 0.717) is 11.5 Å². The summed E-state index contributed by atoms with van der Waals surface area (Å²) >= 11 is 0. The van der Waals surface area contributed by atoms with Crippen molar-refractivity contribution in [1.29, 1.82) is 0 Å². The summed E-state index contributed by atoms with van der Waals surface area (Å²) in [7, 11) is 0. The molecule has 0 aromatic heterocycles. The summed E-state index contributed by atoms with van der Waals surface area (Å²) in [4.78, 5) is 13.1. The molecular weight excluding hydrogens is 202 g/mol. The maximum atomic E-state index is 11.0. The lowest BCUT2D eigenvalue weighted by Crippen LogP contribution is -2.35. The van der Waals surface area contributed by atoms with Gasteiger partial charge in [0.05, 0.1) is 12.6 Å². The van der Waals surface area contributed by atoms with Crippen molar-refractivity contribution in [3.8, 4) is 0 Å². The minimum atomic E-state index is 0.140. The fraction of sp³-hybridized carbons (Fsp3) is 0.462. The Hall–Kier alpha value is -1.35. The van der Waals surface area contributed by atoms with Crippen LogP contribution in [0.5, 0.6) is 0 Å². The number of aliphatic hydroxyl groups excluding tert-OH is 1. The van der Waals surface area contributed by atoms with Gasteiger partial charge in [0.2, 0.25) is 0 Å². The fourth-order valence-corrected chi connectivity index (χ4v) is 2.43. The van der Waals surface area contributed by atoms with Crippen LogP contribution in [0.2, 0.25) is 0 Å². The minimum Gasteiger partial charge on any atom is -0.394 e. The van der Waals surface area contributed by atoms with Crippen LogP contribution in [0.25, 0.3) is 0 Å². The molecule has 0 amide bonds. The molecule has 0 saturated carbocycles. The summed E-state index contributed by atoms with van der Waals surface area (Å²) in [6, 6.07) is 7.70. The molecule has 86 valence electrons. The van der Waals surface area contributed by atoms with Crippen molar-refractivity contribution in [1.82, 2.24) is 0 Å². The number of aldehydes is 1. The van der Waals surface area contributed by atoms with Crippen molar-refractivity contribution >= 4 is 12.0 Å². The number of carbonyl (C=O) groups excluding carboxylic acids is 1. The first-order valence-corrected chi connectivity index (χ1v) is 5.69. The summed E-state index contributed by atoms with van der Waals surface area (Å²) in [6.07, 6.45) is 1.95. The molecule has 3 heteroatoms. The third kappa shape index (κ3) is 1.83. The molecule has 2 unspecified atom stereocenters. The Balaban J connectivity index is 2.33. The molecule has 16 heavy (non-hydrogen) atoms. The van der Waals surface area contributed by atoms with Crippen molar-refractivity contribution < 1.29 is 9.90 Å². The molecule has 1 aromatic carbocycles. The number of hydrogen-bond donors (Lipinski definition) is 1. The molecule has 0 aliphatic carbocycles. The normalized spacial score (nSPS) is 24.8. The standard InChI is InChI=1S/C13H17NO2/c1-10-6-7-14(13(10)9-16)12-5-3-2-4-11(12)8-15/h2-5,8,10,13,16H,6-7,9H2,1H3. The van der Waals surface area contributed by atoms with Gasteiger partial charge in [0, 0.05) is 17.8 Å². The topological polar surface area (TPSA) is 40.5 Å². The first-order valence-electron chi connectivity index (χ1n) is 5.69. The quantitative estimate of drug-likeness (QED) is 0.787. The molecule has 2 rings (SSSR count). The van der Waals surface area contributed by atoms with Gasteiger partial charge >= 0.3 is 0 Å². The first-order chi connectivity index (χ1) is 7.77. The number of anilines is 1. The third-order valence-corrected chi connectivity index (χ3v) is 3.44. The van der Waals surface area contributed by atoms with Gasteiger partial charge in [0.25, 0.3) is 0 Å². The predicted molar refractivity (Wildman–Crippen MR) is 63.8 cm³/mol. The van der Waals surface area contributed by atoms with Crippen molar-refractivity contribution in [3.05, 3.63) is 29.8 Å². The van der Waals surface area contributed by atoms with E-state index >= 15 is 0 Å². The van der Waals surface area contributed by atoms with Crippen LogP contribution < -0.4 is 4.90 Å². The summed E-state index contributed by atoms with van der Waals surface area (Å²) < 4.78 is 0. The molecule has 1 fully saturated rings. The minimum absolute atomic E-state index is 0.140. The van der Waals surface area contributed by atoms with Crippen LogP contribution in [-0.2, 0) is 0 Å². The van der Waals surface area contributed by atoms with Gasteiger partial charge in [-0.1, -0.05) is 19.1 Å². The van der Waals surface area contributed by atoms with Crippen LogP contribution in [0.1, 0.15) is 23.7 Å². The van der Waals surface area contributed by atoms with E-state index in [2.05, 4.69) is 11.8 Å². The Morgan fingerprint density at radius 2 is 2.25 bits per heavy atom. The monoisotopic (exact) mass is 219 g/mol. The molecule has 0 spiro atoms. The van der Waals surface area contributed by atoms with Gasteiger partial charge < -0.3 is 10.0 Å². The van der Waals surface area contributed by atoms with Gasteiger partial charge in [0.1, 0.15) is 0 Å². The lowest BCUT2D eigenvalue weighted by atomic mass is 10.0. The Morgan fingerprint density at radius 1 is 1.50 bits per heavy atom. The number of benzene rings is 1. The van der Waals surface area contributed by atoms with Gasteiger partial charge in [-0.2, -0.15) is 0 Å². The third-order valence-electron chi connectivity index (χ3n) is 3.44. The fourth-order valence-electron chi connectivity index (χ4n) is 2.43. The summed E-state index contributed by atoms with van der Waals surface area (Å²) in [5, 5.41) is 9.40. The molecule has 1 aliphatic heterocycles. The largest absolute Gasteiger partial charge is 0.394 e. The highest BCUT2D eigenvalue weighted by Crippen LogP contribution is 2.30. The van der Waals surface area contributed by atoms with Crippen LogP contribution in [-0.4, -0.2) is 30.6 Å². The van der Waals surface area contributed by atoms with E-state index in [1.807, 2.05) is 24.3 Å². The van der Waals surface area contributed by atoms with E-state index in [9.17, 15) is 9.90 Å². The first kappa shape index (κ1) is 11.1. The number of para-hydroxylation sites is 1. The second-order valence-electron chi connectivity index (χ2n) is 4.39. The van der Waals surface area contributed by atoms with Gasteiger partial charge in [-0.05, 0) is 24.5 Å². The van der Waals surface area contributed by atoms with Gasteiger partial charge in [-0.3, -0.25) is 4.79 Å². The van der Waals surface area contributed by atoms with Crippen LogP contribution in [0.15, 0.2) is 24.3 Å². The maximum absolute atomic E-state index is 11.0. The second-order valence-corrected chi connectivity index (χ2v) is 4.39. The van der Waals surface area contributed by atoms with Crippen LogP contribution in [0.3, 0.4) is 0 Å². The zero-order valence-electron chi connectivity index (χ0n) is 9.47. The molecular formula is C13H17NO2. The Morgan fingerprint density at radius 3 is 2.94 bits per heavy atom. The van der Waals surface area contributed by atoms with Crippen LogP contribution in [0.4, 0.5) is 5.69 Å². The van der Waals surface area contributed by atoms with Gasteiger partial charge in [-0.15, -0.1) is 0 Å². The maximum Gasteiger partial charge on any atom is 0.152 e. The second kappa shape index (κ2) is 4.66. The summed E-state index contributed by atoms with van der Waals surface area (Å²) in [6.45, 7) is 3.20. The van der Waals surface area contributed by atoms with E-state index in [-0.39, 0.29) is 12.6 Å². The number of carbonyl (C=O) groups is 1. The molecule has 3 nitrogen and oxygen atoms in total. The molecule has 1 N–H and O–H groups in total. The highest BCUT2D eigenvalue weighted by molar-refractivity contribution is 5.84. The SMILES string of the molecule is CC1CCN(c2ccccc2C=O)C1CO. The van der Waals surface area contributed by atoms with Crippen molar-refractivity contribution in [2.75, 3.05) is 18.1 Å². The average molecular weight is 219 g/mol. The van der Waals surface area contributed by atoms with Crippen molar-refractivity contribution in [2.45, 2.75) is 19.4 Å². The zero-order chi connectivity index (χ0) is 11.5. The number of rotatable bonds is 3. The van der Waals surface area contributed by atoms with Crippen molar-refractivity contribution in [2.24, 2.45) is 5.92 Å². The number of hydrogen-bond acceptors (Lipinski definition) is 3. The lowest BCUT2D eigenvalue weighted by Gasteiger charge is -2.28. The van der Waals surface area contributed by atoms with Crippen LogP contribution in [0, 0.1) is 5.92 Å². The molecule has 2 atom stereocenters. The highest BCUT2D eigenvalue weighted by atomic mass is 16.3. The molecule has 1 saturated heterocycles. The molecule has 1 heterocycles. The van der Waals surface area contributed by atoms with Gasteiger partial charge in [0.15, 0.2) is 6.29 Å². The number of nitrogens with zero attached hydrogens (tertiary/aromatic N) is 1. The lowest BCUT2D eigenvalue weighted by molar-refractivity contribution is 0.112. The zero-order valence-corrected chi connectivity index (χ0v) is 9.47. The summed E-state index contributed by atoms with van der Waals surface area (Å²) in [5.74, 6) is 0.477. The van der Waals surface area contributed by atoms with E-state index in [0.717, 1.165) is 24.9 Å². The Bertz CT molecular complexity index is 378.